The monoisotopic (exact) mass is 410 g/mol. The number of pyridine rings is 1. The molecule has 158 valence electrons. The van der Waals surface area contributed by atoms with E-state index in [1.165, 1.54) is 11.1 Å². The van der Waals surface area contributed by atoms with Gasteiger partial charge in [0.1, 0.15) is 5.60 Å². The molecule has 0 aromatic carbocycles. The van der Waals surface area contributed by atoms with Crippen LogP contribution in [0.3, 0.4) is 0 Å². The molecule has 2 heterocycles. The molecule has 1 aromatic heterocycles. The van der Waals surface area contributed by atoms with E-state index in [9.17, 15) is 22.8 Å². The SMILES string of the molecule is CC(C)(C)OC(=O)N1CC(C)(C)c2ncc(C(=O)C34CC(C(F)(F)F)(C3)C4)cc21. The topological polar surface area (TPSA) is 59.5 Å². The molecule has 0 radical (unpaired) electrons. The van der Waals surface area contributed by atoms with Crippen molar-refractivity contribution >= 4 is 17.6 Å². The fourth-order valence-electron chi connectivity index (χ4n) is 4.98. The normalized spacial score (nSPS) is 29.6. The summed E-state index contributed by atoms with van der Waals surface area (Å²) in [5, 5.41) is 0. The second kappa shape index (κ2) is 5.52. The zero-order chi connectivity index (χ0) is 21.6. The Balaban J connectivity index is 1.61. The zero-order valence-electron chi connectivity index (χ0n) is 17.2. The summed E-state index contributed by atoms with van der Waals surface area (Å²) in [6, 6.07) is 1.59. The van der Waals surface area contributed by atoms with Gasteiger partial charge in [-0.05, 0) is 46.1 Å². The summed E-state index contributed by atoms with van der Waals surface area (Å²) in [4.78, 5) is 31.6. The number of alkyl halides is 3. The summed E-state index contributed by atoms with van der Waals surface area (Å²) in [7, 11) is 0. The van der Waals surface area contributed by atoms with Gasteiger partial charge in [0.15, 0.2) is 5.78 Å². The average molecular weight is 410 g/mol. The predicted molar refractivity (Wildman–Crippen MR) is 99.9 cm³/mol. The third-order valence-electron chi connectivity index (χ3n) is 6.34. The summed E-state index contributed by atoms with van der Waals surface area (Å²) >= 11 is 0. The molecule has 5 nitrogen and oxygen atoms in total. The predicted octanol–water partition coefficient (Wildman–Crippen LogP) is 5.03. The van der Waals surface area contributed by atoms with Crippen LogP contribution in [0.5, 0.6) is 0 Å². The van der Waals surface area contributed by atoms with Crippen molar-refractivity contribution in [1.82, 2.24) is 4.98 Å². The lowest BCUT2D eigenvalue weighted by Gasteiger charge is -2.69. The summed E-state index contributed by atoms with van der Waals surface area (Å²) in [6.07, 6.45) is -3.82. The van der Waals surface area contributed by atoms with Crippen LogP contribution in [-0.4, -0.2) is 35.2 Å². The van der Waals surface area contributed by atoms with E-state index in [-0.39, 0.29) is 30.6 Å². The van der Waals surface area contributed by atoms with Crippen molar-refractivity contribution in [3.8, 4) is 0 Å². The molecule has 3 aliphatic carbocycles. The van der Waals surface area contributed by atoms with Gasteiger partial charge >= 0.3 is 12.3 Å². The highest BCUT2D eigenvalue weighted by molar-refractivity contribution is 6.04. The molecule has 3 saturated carbocycles. The van der Waals surface area contributed by atoms with Gasteiger partial charge in [0.2, 0.25) is 0 Å². The highest BCUT2D eigenvalue weighted by Gasteiger charge is 2.80. The van der Waals surface area contributed by atoms with Gasteiger partial charge in [0, 0.05) is 29.1 Å². The zero-order valence-corrected chi connectivity index (χ0v) is 17.2. The maximum Gasteiger partial charge on any atom is 0.414 e. The average Bonchev–Trinajstić information content (AvgIpc) is 2.72. The van der Waals surface area contributed by atoms with Crippen molar-refractivity contribution in [2.45, 2.75) is 71.1 Å². The standard InChI is InChI=1S/C21H25F3N2O3/c1-17(2,3)29-16(28)26-11-18(4,5)14-13(26)6-12(7-25-14)15(27)19-8-20(9-19,10-19)21(22,23)24/h6-7H,8-11H2,1-5H3. The second-order valence-electron chi connectivity index (χ2n) is 10.5. The van der Waals surface area contributed by atoms with Gasteiger partial charge < -0.3 is 4.74 Å². The molecule has 8 heteroatoms. The van der Waals surface area contributed by atoms with Crippen LogP contribution < -0.4 is 4.90 Å². The first kappa shape index (κ1) is 20.2. The number of amides is 1. The quantitative estimate of drug-likeness (QED) is 0.642. The molecular formula is C21H25F3N2O3. The van der Waals surface area contributed by atoms with Gasteiger partial charge in [0.25, 0.3) is 0 Å². The first-order valence-corrected chi connectivity index (χ1v) is 9.72. The van der Waals surface area contributed by atoms with Gasteiger partial charge in [-0.25, -0.2) is 4.79 Å². The molecule has 1 aliphatic heterocycles. The third kappa shape index (κ3) is 2.86. The van der Waals surface area contributed by atoms with E-state index in [0.717, 1.165) is 0 Å². The van der Waals surface area contributed by atoms with E-state index >= 15 is 0 Å². The molecule has 2 bridgehead atoms. The molecule has 4 aliphatic rings. The van der Waals surface area contributed by atoms with Gasteiger partial charge in [-0.15, -0.1) is 0 Å². The Labute approximate surface area is 167 Å². The third-order valence-corrected chi connectivity index (χ3v) is 6.34. The van der Waals surface area contributed by atoms with E-state index < -0.39 is 34.1 Å². The van der Waals surface area contributed by atoms with Gasteiger partial charge in [0.05, 0.1) is 16.8 Å². The number of fused-ring (bicyclic) bond motifs is 1. The maximum absolute atomic E-state index is 13.1. The summed E-state index contributed by atoms with van der Waals surface area (Å²) < 4.78 is 44.8. The smallest absolute Gasteiger partial charge is 0.414 e. The van der Waals surface area contributed by atoms with E-state index in [0.29, 0.717) is 17.9 Å². The number of aromatic nitrogens is 1. The fourth-order valence-corrected chi connectivity index (χ4v) is 4.98. The van der Waals surface area contributed by atoms with Crippen molar-refractivity contribution in [2.24, 2.45) is 10.8 Å². The van der Waals surface area contributed by atoms with E-state index in [4.69, 9.17) is 4.74 Å². The molecule has 0 atom stereocenters. The number of ketones is 1. The first-order chi connectivity index (χ1) is 13.1. The maximum atomic E-state index is 13.1. The van der Waals surface area contributed by atoms with Crippen molar-refractivity contribution in [3.05, 3.63) is 23.5 Å². The molecule has 0 spiro atoms. The Morgan fingerprint density at radius 3 is 2.24 bits per heavy atom. The number of Topliss-reactive ketones (excluding diaryl/α,β-unsaturated/α-hetero) is 1. The van der Waals surface area contributed by atoms with Crippen LogP contribution in [0, 0.1) is 10.8 Å². The highest BCUT2D eigenvalue weighted by atomic mass is 19.4. The Morgan fingerprint density at radius 2 is 1.72 bits per heavy atom. The molecule has 5 rings (SSSR count). The van der Waals surface area contributed by atoms with E-state index in [1.54, 1.807) is 26.8 Å². The first-order valence-electron chi connectivity index (χ1n) is 9.72. The lowest BCUT2D eigenvalue weighted by Crippen LogP contribution is -2.70. The largest absolute Gasteiger partial charge is 0.443 e. The van der Waals surface area contributed by atoms with Crippen molar-refractivity contribution < 1.29 is 27.5 Å². The molecule has 3 fully saturated rings. The minimum atomic E-state index is -4.26. The highest BCUT2D eigenvalue weighted by Crippen LogP contribution is 2.79. The molecule has 1 amide bonds. The number of hydrogen-bond donors (Lipinski definition) is 0. The van der Waals surface area contributed by atoms with Crippen LogP contribution in [-0.2, 0) is 10.2 Å². The number of nitrogens with zero attached hydrogens (tertiary/aromatic N) is 2. The van der Waals surface area contributed by atoms with Crippen LogP contribution in [0.1, 0.15) is 69.9 Å². The minimum Gasteiger partial charge on any atom is -0.443 e. The molecule has 0 saturated heterocycles. The molecule has 29 heavy (non-hydrogen) atoms. The van der Waals surface area contributed by atoms with Crippen LogP contribution in [0.2, 0.25) is 0 Å². The summed E-state index contributed by atoms with van der Waals surface area (Å²) in [5.41, 5.74) is -2.30. The number of hydrogen-bond acceptors (Lipinski definition) is 4. The molecule has 1 aromatic rings. The Hall–Kier alpha value is -2.12. The van der Waals surface area contributed by atoms with Crippen molar-refractivity contribution in [2.75, 3.05) is 11.4 Å². The summed E-state index contributed by atoms with van der Waals surface area (Å²) in [5.74, 6) is -0.312. The number of halogens is 3. The molecule has 0 unspecified atom stereocenters. The van der Waals surface area contributed by atoms with Crippen molar-refractivity contribution in [1.29, 1.82) is 0 Å². The Bertz CT molecular complexity index is 895. The minimum absolute atomic E-state index is 0.152. The van der Waals surface area contributed by atoms with Crippen LogP contribution in [0.15, 0.2) is 12.3 Å². The molecular weight excluding hydrogens is 385 g/mol. The lowest BCUT2D eigenvalue weighted by atomic mass is 9.33. The van der Waals surface area contributed by atoms with E-state index in [1.807, 2.05) is 13.8 Å². The fraction of sp³-hybridized carbons (Fsp3) is 0.667. The lowest BCUT2D eigenvalue weighted by molar-refractivity contribution is -0.346. The van der Waals surface area contributed by atoms with Crippen LogP contribution in [0.4, 0.5) is 23.7 Å². The number of rotatable bonds is 2. The van der Waals surface area contributed by atoms with Gasteiger partial charge in [-0.1, -0.05) is 13.8 Å². The number of carbonyl (C=O) groups is 2. The van der Waals surface area contributed by atoms with Gasteiger partial charge in [-0.3, -0.25) is 14.7 Å². The van der Waals surface area contributed by atoms with Crippen molar-refractivity contribution in [3.63, 3.8) is 0 Å². The van der Waals surface area contributed by atoms with Crippen LogP contribution >= 0.6 is 0 Å². The Kier molecular flexibility index (Phi) is 3.84. The van der Waals surface area contributed by atoms with Crippen LogP contribution in [0.25, 0.3) is 0 Å². The van der Waals surface area contributed by atoms with Gasteiger partial charge in [-0.2, -0.15) is 13.2 Å². The molecule has 0 N–H and O–H groups in total. The number of carbonyl (C=O) groups excluding carboxylic acids is 2. The summed E-state index contributed by atoms with van der Waals surface area (Å²) in [6.45, 7) is 9.54. The number of anilines is 1. The number of ether oxygens (including phenoxy) is 1. The second-order valence-corrected chi connectivity index (χ2v) is 10.5. The Morgan fingerprint density at radius 1 is 1.14 bits per heavy atom. The van der Waals surface area contributed by atoms with E-state index in [2.05, 4.69) is 4.98 Å².